The van der Waals surface area contributed by atoms with Gasteiger partial charge in [0.2, 0.25) is 0 Å². The second-order valence-electron chi connectivity index (χ2n) is 3.44. The second-order valence-corrected chi connectivity index (χ2v) is 4.29. The minimum absolute atomic E-state index is 0.731. The van der Waals surface area contributed by atoms with Gasteiger partial charge in [-0.1, -0.05) is 0 Å². The van der Waals surface area contributed by atoms with Crippen LogP contribution in [0.5, 0.6) is 0 Å². The smallest absolute Gasteiger partial charge is 0.142 e. The standard InChI is InChI=1S/C11H17BrN2O/c1-4-15-6-5-14(3)11-10(12)7-9(2)8-13-11/h7-8H,4-6H2,1-3H3. The molecule has 0 aliphatic carbocycles. The predicted molar refractivity (Wildman–Crippen MR) is 66.4 cm³/mol. The number of likely N-dealkylation sites (N-methyl/N-ethyl adjacent to an activating group) is 1. The van der Waals surface area contributed by atoms with Crippen molar-refractivity contribution in [1.82, 2.24) is 4.98 Å². The van der Waals surface area contributed by atoms with Crippen molar-refractivity contribution >= 4 is 21.7 Å². The number of pyridine rings is 1. The summed E-state index contributed by atoms with van der Waals surface area (Å²) in [6.07, 6.45) is 1.87. The van der Waals surface area contributed by atoms with Crippen LogP contribution in [0.25, 0.3) is 0 Å². The van der Waals surface area contributed by atoms with E-state index in [1.807, 2.05) is 27.1 Å². The van der Waals surface area contributed by atoms with Crippen molar-refractivity contribution in [1.29, 1.82) is 0 Å². The molecule has 0 aromatic carbocycles. The van der Waals surface area contributed by atoms with Crippen molar-refractivity contribution in [2.45, 2.75) is 13.8 Å². The summed E-state index contributed by atoms with van der Waals surface area (Å²) in [5.41, 5.74) is 1.16. The summed E-state index contributed by atoms with van der Waals surface area (Å²) >= 11 is 3.51. The molecule has 0 aliphatic rings. The number of rotatable bonds is 5. The van der Waals surface area contributed by atoms with E-state index in [2.05, 4.69) is 31.9 Å². The molecule has 0 fully saturated rings. The minimum Gasteiger partial charge on any atom is -0.380 e. The van der Waals surface area contributed by atoms with Crippen LogP contribution in [0.3, 0.4) is 0 Å². The van der Waals surface area contributed by atoms with Gasteiger partial charge in [0.15, 0.2) is 0 Å². The van der Waals surface area contributed by atoms with E-state index in [9.17, 15) is 0 Å². The summed E-state index contributed by atoms with van der Waals surface area (Å²) in [5.74, 6) is 0.959. The molecule has 1 aromatic rings. The van der Waals surface area contributed by atoms with E-state index in [4.69, 9.17) is 4.74 Å². The first-order chi connectivity index (χ1) is 7.15. The fourth-order valence-electron chi connectivity index (χ4n) is 1.26. The minimum atomic E-state index is 0.731. The van der Waals surface area contributed by atoms with E-state index < -0.39 is 0 Å². The van der Waals surface area contributed by atoms with Gasteiger partial charge in [-0.15, -0.1) is 0 Å². The van der Waals surface area contributed by atoms with E-state index >= 15 is 0 Å². The monoisotopic (exact) mass is 272 g/mol. The zero-order valence-corrected chi connectivity index (χ0v) is 11.0. The van der Waals surface area contributed by atoms with Gasteiger partial charge in [-0.05, 0) is 41.4 Å². The Hall–Kier alpha value is -0.610. The van der Waals surface area contributed by atoms with Crippen LogP contribution in [0.4, 0.5) is 5.82 Å². The van der Waals surface area contributed by atoms with Crippen LogP contribution in [-0.4, -0.2) is 31.8 Å². The van der Waals surface area contributed by atoms with Gasteiger partial charge in [-0.3, -0.25) is 0 Å². The molecule has 3 nitrogen and oxygen atoms in total. The van der Waals surface area contributed by atoms with E-state index in [-0.39, 0.29) is 0 Å². The lowest BCUT2D eigenvalue weighted by Crippen LogP contribution is -2.23. The summed E-state index contributed by atoms with van der Waals surface area (Å²) in [6, 6.07) is 2.07. The van der Waals surface area contributed by atoms with Gasteiger partial charge in [0, 0.05) is 26.4 Å². The number of hydrogen-bond donors (Lipinski definition) is 0. The number of ether oxygens (including phenoxy) is 1. The second kappa shape index (κ2) is 6.08. The Morgan fingerprint density at radius 3 is 2.87 bits per heavy atom. The molecule has 1 rings (SSSR count). The highest BCUT2D eigenvalue weighted by atomic mass is 79.9. The molecule has 1 heterocycles. The van der Waals surface area contributed by atoms with Crippen molar-refractivity contribution in [3.8, 4) is 0 Å². The maximum Gasteiger partial charge on any atom is 0.142 e. The van der Waals surface area contributed by atoms with E-state index in [0.717, 1.165) is 35.6 Å². The Labute approximate surface area is 99.6 Å². The van der Waals surface area contributed by atoms with Crippen LogP contribution in [0, 0.1) is 6.92 Å². The SMILES string of the molecule is CCOCCN(C)c1ncc(C)cc1Br. The third-order valence-corrected chi connectivity index (χ3v) is 2.68. The Morgan fingerprint density at radius 2 is 2.27 bits per heavy atom. The zero-order chi connectivity index (χ0) is 11.3. The Bertz CT molecular complexity index is 317. The quantitative estimate of drug-likeness (QED) is 0.771. The predicted octanol–water partition coefficient (Wildman–Crippen LogP) is 2.63. The maximum atomic E-state index is 5.30. The number of halogens is 1. The molecule has 4 heteroatoms. The van der Waals surface area contributed by atoms with Gasteiger partial charge in [0.05, 0.1) is 11.1 Å². The van der Waals surface area contributed by atoms with Crippen molar-refractivity contribution in [3.05, 3.63) is 22.3 Å². The third-order valence-electron chi connectivity index (χ3n) is 2.10. The largest absolute Gasteiger partial charge is 0.380 e. The number of aromatic nitrogens is 1. The average molecular weight is 273 g/mol. The summed E-state index contributed by atoms with van der Waals surface area (Å²) in [5, 5.41) is 0. The topological polar surface area (TPSA) is 25.4 Å². The van der Waals surface area contributed by atoms with Crippen LogP contribution in [0.1, 0.15) is 12.5 Å². The first-order valence-electron chi connectivity index (χ1n) is 5.06. The van der Waals surface area contributed by atoms with Crippen molar-refractivity contribution in [2.75, 3.05) is 31.7 Å². The number of nitrogens with zero attached hydrogens (tertiary/aromatic N) is 2. The lowest BCUT2D eigenvalue weighted by atomic mass is 10.3. The third kappa shape index (κ3) is 3.80. The first-order valence-corrected chi connectivity index (χ1v) is 5.85. The molecule has 0 spiro atoms. The molecule has 1 aromatic heterocycles. The van der Waals surface area contributed by atoms with Crippen molar-refractivity contribution in [2.24, 2.45) is 0 Å². The average Bonchev–Trinajstić information content (AvgIpc) is 2.17. The van der Waals surface area contributed by atoms with Crippen molar-refractivity contribution in [3.63, 3.8) is 0 Å². The van der Waals surface area contributed by atoms with Gasteiger partial charge in [0.1, 0.15) is 5.82 Å². The van der Waals surface area contributed by atoms with Gasteiger partial charge >= 0.3 is 0 Å². The van der Waals surface area contributed by atoms with Gasteiger partial charge in [0.25, 0.3) is 0 Å². The molecule has 0 saturated carbocycles. The van der Waals surface area contributed by atoms with Crippen LogP contribution in [-0.2, 0) is 4.74 Å². The molecule has 0 saturated heterocycles. The fourth-order valence-corrected chi connectivity index (χ4v) is 2.03. The number of anilines is 1. The van der Waals surface area contributed by atoms with Crippen molar-refractivity contribution < 1.29 is 4.74 Å². The zero-order valence-electron chi connectivity index (χ0n) is 9.46. The molecular weight excluding hydrogens is 256 g/mol. The molecule has 0 atom stereocenters. The molecule has 0 radical (unpaired) electrons. The highest BCUT2D eigenvalue weighted by Gasteiger charge is 2.06. The Kier molecular flexibility index (Phi) is 5.05. The lowest BCUT2D eigenvalue weighted by molar-refractivity contribution is 0.154. The molecule has 15 heavy (non-hydrogen) atoms. The Morgan fingerprint density at radius 1 is 1.53 bits per heavy atom. The molecule has 0 bridgehead atoms. The summed E-state index contributed by atoms with van der Waals surface area (Å²) in [6.45, 7) is 6.37. The Balaban J connectivity index is 2.61. The van der Waals surface area contributed by atoms with Gasteiger partial charge in [-0.25, -0.2) is 4.98 Å². The van der Waals surface area contributed by atoms with Crippen LogP contribution >= 0.6 is 15.9 Å². The lowest BCUT2D eigenvalue weighted by Gasteiger charge is -2.19. The molecule has 0 amide bonds. The molecule has 0 N–H and O–H groups in total. The maximum absolute atomic E-state index is 5.30. The molecule has 84 valence electrons. The number of hydrogen-bond acceptors (Lipinski definition) is 3. The molecule has 0 aliphatic heterocycles. The highest BCUT2D eigenvalue weighted by molar-refractivity contribution is 9.10. The van der Waals surface area contributed by atoms with Crippen LogP contribution in [0.2, 0.25) is 0 Å². The van der Waals surface area contributed by atoms with Crippen LogP contribution in [0.15, 0.2) is 16.7 Å². The number of aryl methyl sites for hydroxylation is 1. The normalized spacial score (nSPS) is 10.4. The molecular formula is C11H17BrN2O. The van der Waals surface area contributed by atoms with Crippen LogP contribution < -0.4 is 4.90 Å². The van der Waals surface area contributed by atoms with E-state index in [1.165, 1.54) is 0 Å². The fraction of sp³-hybridized carbons (Fsp3) is 0.545. The van der Waals surface area contributed by atoms with E-state index in [1.54, 1.807) is 0 Å². The van der Waals surface area contributed by atoms with Gasteiger partial charge in [-0.2, -0.15) is 0 Å². The first kappa shape index (κ1) is 12.5. The van der Waals surface area contributed by atoms with E-state index in [0.29, 0.717) is 0 Å². The van der Waals surface area contributed by atoms with Gasteiger partial charge < -0.3 is 9.64 Å². The highest BCUT2D eigenvalue weighted by Crippen LogP contribution is 2.23. The molecule has 0 unspecified atom stereocenters. The summed E-state index contributed by atoms with van der Waals surface area (Å²) in [7, 11) is 2.02. The summed E-state index contributed by atoms with van der Waals surface area (Å²) < 4.78 is 6.33. The summed E-state index contributed by atoms with van der Waals surface area (Å²) in [4.78, 5) is 6.46.